The number of benzene rings is 2. The van der Waals surface area contributed by atoms with E-state index in [2.05, 4.69) is 20.6 Å². The van der Waals surface area contributed by atoms with Gasteiger partial charge in [-0.3, -0.25) is 4.79 Å². The van der Waals surface area contributed by atoms with Gasteiger partial charge >= 0.3 is 0 Å². The summed E-state index contributed by atoms with van der Waals surface area (Å²) in [5.74, 6) is -5.60. The minimum absolute atomic E-state index is 0.0289. The minimum Gasteiger partial charge on any atom is -0.324 e. The fourth-order valence-corrected chi connectivity index (χ4v) is 1.99. The Kier molecular flexibility index (Phi) is 4.78. The van der Waals surface area contributed by atoms with E-state index >= 15 is 0 Å². The first kappa shape index (κ1) is 17.3. The van der Waals surface area contributed by atoms with E-state index in [9.17, 15) is 22.4 Å². The number of halogens is 4. The molecule has 1 heterocycles. The quantitative estimate of drug-likeness (QED) is 0.543. The zero-order chi connectivity index (χ0) is 18.7. The Balaban J connectivity index is 1.71. The van der Waals surface area contributed by atoms with Crippen LogP contribution in [0.2, 0.25) is 0 Å². The highest BCUT2D eigenvalue weighted by Gasteiger charge is 2.16. The lowest BCUT2D eigenvalue weighted by molar-refractivity contribution is 0.102. The highest BCUT2D eigenvalue weighted by molar-refractivity contribution is 6.04. The van der Waals surface area contributed by atoms with Crippen molar-refractivity contribution in [2.24, 2.45) is 0 Å². The Hall–Kier alpha value is -3.49. The Bertz CT molecular complexity index is 946. The molecular weight excluding hydrogens is 352 g/mol. The summed E-state index contributed by atoms with van der Waals surface area (Å²) < 4.78 is 52.5. The topological polar surface area (TPSA) is 66.9 Å². The van der Waals surface area contributed by atoms with Crippen LogP contribution >= 0.6 is 0 Å². The second kappa shape index (κ2) is 7.18. The van der Waals surface area contributed by atoms with Gasteiger partial charge in [0.25, 0.3) is 5.91 Å². The second-order valence-electron chi connectivity index (χ2n) is 5.10. The van der Waals surface area contributed by atoms with E-state index in [1.165, 1.54) is 24.3 Å². The van der Waals surface area contributed by atoms with Gasteiger partial charge in [0.1, 0.15) is 5.82 Å². The predicted octanol–water partition coefficient (Wildman–Crippen LogP) is 4.03. The fourth-order valence-electron chi connectivity index (χ4n) is 1.99. The molecule has 3 rings (SSSR count). The van der Waals surface area contributed by atoms with Crippen molar-refractivity contribution in [3.05, 3.63) is 77.6 Å². The van der Waals surface area contributed by atoms with Crippen LogP contribution in [0.3, 0.4) is 0 Å². The third-order valence-corrected chi connectivity index (χ3v) is 3.30. The smallest absolute Gasteiger partial charge is 0.258 e. The number of carbonyl (C=O) groups excluding carboxylic acids is 1. The van der Waals surface area contributed by atoms with Crippen LogP contribution < -0.4 is 10.6 Å². The van der Waals surface area contributed by atoms with Gasteiger partial charge in [-0.15, -0.1) is 0 Å². The number of hydrogen-bond acceptors (Lipinski definition) is 4. The van der Waals surface area contributed by atoms with Crippen molar-refractivity contribution in [3.63, 3.8) is 0 Å². The van der Waals surface area contributed by atoms with E-state index in [1.807, 2.05) is 0 Å². The summed E-state index contributed by atoms with van der Waals surface area (Å²) in [5, 5.41) is 4.91. The van der Waals surface area contributed by atoms with Crippen LogP contribution in [0.25, 0.3) is 0 Å². The molecule has 26 heavy (non-hydrogen) atoms. The van der Waals surface area contributed by atoms with E-state index in [-0.39, 0.29) is 11.5 Å². The van der Waals surface area contributed by atoms with Crippen LogP contribution in [0, 0.1) is 23.3 Å². The molecule has 9 heteroatoms. The van der Waals surface area contributed by atoms with Gasteiger partial charge in [0.2, 0.25) is 5.95 Å². The third-order valence-electron chi connectivity index (χ3n) is 3.30. The van der Waals surface area contributed by atoms with E-state index < -0.39 is 34.9 Å². The van der Waals surface area contributed by atoms with Crippen molar-refractivity contribution in [3.8, 4) is 0 Å². The van der Waals surface area contributed by atoms with Gasteiger partial charge in [0.05, 0.1) is 11.3 Å². The molecule has 0 aliphatic rings. The van der Waals surface area contributed by atoms with Crippen LogP contribution in [0.4, 0.5) is 34.9 Å². The molecule has 0 atom stereocenters. The van der Waals surface area contributed by atoms with Crippen LogP contribution in [0.15, 0.2) is 48.8 Å². The Morgan fingerprint density at radius 2 is 1.50 bits per heavy atom. The first-order valence-corrected chi connectivity index (χ1v) is 7.23. The number of nitrogens with one attached hydrogen (secondary N) is 2. The van der Waals surface area contributed by atoms with Crippen molar-refractivity contribution in [2.75, 3.05) is 10.6 Å². The van der Waals surface area contributed by atoms with E-state index in [4.69, 9.17) is 0 Å². The van der Waals surface area contributed by atoms with E-state index in [0.717, 1.165) is 18.5 Å². The predicted molar refractivity (Wildman–Crippen MR) is 86.0 cm³/mol. The SMILES string of the molecule is O=C(Nc1ccc(F)c(F)c1F)c1cnc(Nc2ccc(F)cc2)nc1. The fraction of sp³-hybridized carbons (Fsp3) is 0. The molecule has 0 saturated heterocycles. The summed E-state index contributed by atoms with van der Waals surface area (Å²) in [4.78, 5) is 19.9. The lowest BCUT2D eigenvalue weighted by Gasteiger charge is -2.08. The molecule has 0 aliphatic heterocycles. The molecule has 3 aromatic rings. The van der Waals surface area contributed by atoms with Crippen molar-refractivity contribution in [1.29, 1.82) is 0 Å². The molecule has 2 N–H and O–H groups in total. The maximum Gasteiger partial charge on any atom is 0.258 e. The van der Waals surface area contributed by atoms with Crippen LogP contribution in [0.1, 0.15) is 10.4 Å². The number of anilines is 3. The molecule has 0 spiro atoms. The standard InChI is InChI=1S/C17H10F4N4O/c18-10-1-3-11(4-2-10)24-17-22-7-9(8-23-17)16(26)25-13-6-5-12(19)14(20)15(13)21/h1-8H,(H,25,26)(H,22,23,24). The van der Waals surface area contributed by atoms with Crippen LogP contribution in [0.5, 0.6) is 0 Å². The van der Waals surface area contributed by atoms with Gasteiger partial charge in [-0.1, -0.05) is 0 Å². The van der Waals surface area contributed by atoms with Gasteiger partial charge in [-0.05, 0) is 36.4 Å². The maximum absolute atomic E-state index is 13.6. The molecule has 0 unspecified atom stereocenters. The number of carbonyl (C=O) groups is 1. The lowest BCUT2D eigenvalue weighted by Crippen LogP contribution is -2.15. The summed E-state index contributed by atoms with van der Waals surface area (Å²) in [6.45, 7) is 0. The van der Waals surface area contributed by atoms with Crippen LogP contribution in [-0.4, -0.2) is 15.9 Å². The number of hydrogen-bond donors (Lipinski definition) is 2. The average molecular weight is 362 g/mol. The lowest BCUT2D eigenvalue weighted by atomic mass is 10.2. The zero-order valence-electron chi connectivity index (χ0n) is 12.9. The van der Waals surface area contributed by atoms with Gasteiger partial charge in [0, 0.05) is 18.1 Å². The Morgan fingerprint density at radius 3 is 2.15 bits per heavy atom. The van der Waals surface area contributed by atoms with Gasteiger partial charge < -0.3 is 10.6 Å². The van der Waals surface area contributed by atoms with Crippen LogP contribution in [-0.2, 0) is 0 Å². The summed E-state index contributed by atoms with van der Waals surface area (Å²) in [5.41, 5.74) is -0.00587. The molecular formula is C17H10F4N4O. The first-order chi connectivity index (χ1) is 12.4. The van der Waals surface area contributed by atoms with Gasteiger partial charge in [0.15, 0.2) is 17.5 Å². The summed E-state index contributed by atoms with van der Waals surface area (Å²) in [7, 11) is 0. The molecule has 0 aliphatic carbocycles. The van der Waals surface area contributed by atoms with Crippen molar-refractivity contribution < 1.29 is 22.4 Å². The monoisotopic (exact) mass is 362 g/mol. The molecule has 2 aromatic carbocycles. The van der Waals surface area contributed by atoms with Gasteiger partial charge in [-0.25, -0.2) is 27.5 Å². The molecule has 0 radical (unpaired) electrons. The molecule has 1 aromatic heterocycles. The molecule has 1 amide bonds. The zero-order valence-corrected chi connectivity index (χ0v) is 12.9. The molecule has 132 valence electrons. The summed E-state index contributed by atoms with van der Waals surface area (Å²) in [6, 6.07) is 7.05. The summed E-state index contributed by atoms with van der Waals surface area (Å²) in [6.07, 6.45) is 2.32. The third kappa shape index (κ3) is 3.77. The van der Waals surface area contributed by atoms with E-state index in [1.54, 1.807) is 0 Å². The Labute approximate surface area is 144 Å². The molecule has 5 nitrogen and oxygen atoms in total. The number of aromatic nitrogens is 2. The molecule has 0 saturated carbocycles. The minimum atomic E-state index is -1.68. The summed E-state index contributed by atoms with van der Waals surface area (Å²) >= 11 is 0. The largest absolute Gasteiger partial charge is 0.324 e. The molecule has 0 bridgehead atoms. The van der Waals surface area contributed by atoms with E-state index in [0.29, 0.717) is 11.8 Å². The Morgan fingerprint density at radius 1 is 0.846 bits per heavy atom. The molecule has 0 fully saturated rings. The number of nitrogens with zero attached hydrogens (tertiary/aromatic N) is 2. The van der Waals surface area contributed by atoms with Gasteiger partial charge in [-0.2, -0.15) is 0 Å². The van der Waals surface area contributed by atoms with Crippen molar-refractivity contribution in [2.45, 2.75) is 0 Å². The highest BCUT2D eigenvalue weighted by atomic mass is 19.2. The van der Waals surface area contributed by atoms with Crippen molar-refractivity contribution in [1.82, 2.24) is 9.97 Å². The second-order valence-corrected chi connectivity index (χ2v) is 5.10. The maximum atomic E-state index is 13.6. The highest BCUT2D eigenvalue weighted by Crippen LogP contribution is 2.20. The number of rotatable bonds is 4. The first-order valence-electron chi connectivity index (χ1n) is 7.23. The average Bonchev–Trinajstić information content (AvgIpc) is 2.64. The van der Waals surface area contributed by atoms with Crippen molar-refractivity contribution >= 4 is 23.2 Å². The number of amides is 1. The normalized spacial score (nSPS) is 10.5.